The van der Waals surface area contributed by atoms with Gasteiger partial charge in [-0.15, -0.1) is 0 Å². The Morgan fingerprint density at radius 2 is 2.31 bits per heavy atom. The minimum atomic E-state index is -0.950. The summed E-state index contributed by atoms with van der Waals surface area (Å²) in [7, 11) is 0. The van der Waals surface area contributed by atoms with E-state index in [0.717, 1.165) is 12.2 Å². The molecule has 0 radical (unpaired) electrons. The monoisotopic (exact) mass is 245 g/mol. The molecule has 1 heterocycles. The molecule has 16 heavy (non-hydrogen) atoms. The Morgan fingerprint density at radius 3 is 2.81 bits per heavy atom. The zero-order chi connectivity index (χ0) is 12.0. The Balaban J connectivity index is 2.31. The van der Waals surface area contributed by atoms with Gasteiger partial charge < -0.3 is 10.4 Å². The summed E-state index contributed by atoms with van der Waals surface area (Å²) >= 11 is 1.88. The highest BCUT2D eigenvalue weighted by Gasteiger charge is 2.21. The minimum absolute atomic E-state index is 0.123. The van der Waals surface area contributed by atoms with Crippen molar-refractivity contribution in [3.63, 3.8) is 0 Å². The van der Waals surface area contributed by atoms with Crippen LogP contribution in [-0.2, 0) is 9.59 Å². The second kappa shape index (κ2) is 6.78. The van der Waals surface area contributed by atoms with Crippen LogP contribution in [0.1, 0.15) is 32.6 Å². The number of aliphatic carboxylic acids is 1. The molecule has 0 aromatic heterocycles. The number of thioether (sulfide) groups is 1. The van der Waals surface area contributed by atoms with Crippen molar-refractivity contribution in [2.45, 2.75) is 38.6 Å². The van der Waals surface area contributed by atoms with Gasteiger partial charge in [0.1, 0.15) is 6.04 Å². The second-order valence-corrected chi connectivity index (χ2v) is 5.30. The smallest absolute Gasteiger partial charge is 0.326 e. The molecule has 92 valence electrons. The molecule has 5 heteroatoms. The normalized spacial score (nSPS) is 22.4. The van der Waals surface area contributed by atoms with Gasteiger partial charge >= 0.3 is 5.97 Å². The van der Waals surface area contributed by atoms with Gasteiger partial charge in [-0.3, -0.25) is 4.79 Å². The van der Waals surface area contributed by atoms with Crippen molar-refractivity contribution in [3.05, 3.63) is 0 Å². The van der Waals surface area contributed by atoms with Crippen molar-refractivity contribution in [2.75, 3.05) is 11.5 Å². The quantitative estimate of drug-likeness (QED) is 0.770. The van der Waals surface area contributed by atoms with E-state index in [-0.39, 0.29) is 5.91 Å². The molecule has 2 N–H and O–H groups in total. The van der Waals surface area contributed by atoms with Crippen LogP contribution in [0.2, 0.25) is 0 Å². The number of carbonyl (C=O) groups excluding carboxylic acids is 1. The lowest BCUT2D eigenvalue weighted by Crippen LogP contribution is -2.41. The maximum atomic E-state index is 11.6. The largest absolute Gasteiger partial charge is 0.480 e. The highest BCUT2D eigenvalue weighted by atomic mass is 32.2. The maximum absolute atomic E-state index is 11.6. The highest BCUT2D eigenvalue weighted by Crippen LogP contribution is 2.24. The third kappa shape index (κ3) is 4.43. The van der Waals surface area contributed by atoms with Crippen LogP contribution >= 0.6 is 11.8 Å². The van der Waals surface area contributed by atoms with Crippen LogP contribution in [0.5, 0.6) is 0 Å². The molecule has 0 aromatic carbocycles. The SMILES string of the molecule is CCC(NC(=O)CC1CCCSC1)C(=O)O. The highest BCUT2D eigenvalue weighted by molar-refractivity contribution is 7.99. The molecule has 0 aromatic rings. The molecular formula is C11H19NO3S. The van der Waals surface area contributed by atoms with Crippen molar-refractivity contribution in [3.8, 4) is 0 Å². The van der Waals surface area contributed by atoms with Crippen molar-refractivity contribution >= 4 is 23.6 Å². The first-order chi connectivity index (χ1) is 7.63. The molecule has 0 spiro atoms. The molecule has 2 unspecified atom stereocenters. The number of amides is 1. The van der Waals surface area contributed by atoms with E-state index in [2.05, 4.69) is 5.32 Å². The fourth-order valence-electron chi connectivity index (χ4n) is 1.82. The van der Waals surface area contributed by atoms with E-state index in [1.807, 2.05) is 11.8 Å². The maximum Gasteiger partial charge on any atom is 0.326 e. The van der Waals surface area contributed by atoms with Crippen LogP contribution in [0, 0.1) is 5.92 Å². The fraction of sp³-hybridized carbons (Fsp3) is 0.818. The number of hydrogen-bond donors (Lipinski definition) is 2. The van der Waals surface area contributed by atoms with Gasteiger partial charge in [-0.05, 0) is 36.7 Å². The average molecular weight is 245 g/mol. The average Bonchev–Trinajstić information content (AvgIpc) is 2.27. The molecule has 0 bridgehead atoms. The summed E-state index contributed by atoms with van der Waals surface area (Å²) in [6, 6.07) is -0.733. The van der Waals surface area contributed by atoms with Crippen molar-refractivity contribution in [2.24, 2.45) is 5.92 Å². The van der Waals surface area contributed by atoms with Crippen LogP contribution < -0.4 is 5.32 Å². The first kappa shape index (κ1) is 13.4. The Hall–Kier alpha value is -0.710. The molecule has 2 atom stereocenters. The topological polar surface area (TPSA) is 66.4 Å². The van der Waals surface area contributed by atoms with Crippen LogP contribution in [-0.4, -0.2) is 34.5 Å². The summed E-state index contributed by atoms with van der Waals surface area (Å²) in [5, 5.41) is 11.4. The number of carbonyl (C=O) groups is 2. The third-order valence-electron chi connectivity index (χ3n) is 2.77. The van der Waals surface area contributed by atoms with E-state index >= 15 is 0 Å². The van der Waals surface area contributed by atoms with E-state index in [9.17, 15) is 9.59 Å². The van der Waals surface area contributed by atoms with E-state index < -0.39 is 12.0 Å². The summed E-state index contributed by atoms with van der Waals surface area (Å²) in [5.74, 6) is 1.56. The number of carboxylic acid groups (broad SMARTS) is 1. The van der Waals surface area contributed by atoms with Crippen molar-refractivity contribution in [1.82, 2.24) is 5.32 Å². The molecule has 0 saturated carbocycles. The third-order valence-corrected chi connectivity index (χ3v) is 4.05. The summed E-state index contributed by atoms with van der Waals surface area (Å²) in [6.07, 6.45) is 3.15. The molecule has 1 rings (SSSR count). The van der Waals surface area contributed by atoms with Crippen LogP contribution in [0.25, 0.3) is 0 Å². The van der Waals surface area contributed by atoms with Crippen LogP contribution in [0.3, 0.4) is 0 Å². The van der Waals surface area contributed by atoms with Crippen LogP contribution in [0.15, 0.2) is 0 Å². The second-order valence-electron chi connectivity index (χ2n) is 4.15. The van der Waals surface area contributed by atoms with Crippen LogP contribution in [0.4, 0.5) is 0 Å². The van der Waals surface area contributed by atoms with Crippen molar-refractivity contribution in [1.29, 1.82) is 0 Å². The molecule has 1 aliphatic heterocycles. The first-order valence-electron chi connectivity index (χ1n) is 5.73. The molecule has 0 aliphatic carbocycles. The van der Waals surface area contributed by atoms with Gasteiger partial charge in [0.05, 0.1) is 0 Å². The lowest BCUT2D eigenvalue weighted by Gasteiger charge is -2.21. The summed E-state index contributed by atoms with van der Waals surface area (Å²) < 4.78 is 0. The van der Waals surface area contributed by atoms with Gasteiger partial charge in [0.2, 0.25) is 5.91 Å². The number of hydrogen-bond acceptors (Lipinski definition) is 3. The standard InChI is InChI=1S/C11H19NO3S/c1-2-9(11(14)15)12-10(13)6-8-4-3-5-16-7-8/h8-9H,2-7H2,1H3,(H,12,13)(H,14,15). The van der Waals surface area contributed by atoms with Gasteiger partial charge in [-0.25, -0.2) is 4.79 Å². The lowest BCUT2D eigenvalue weighted by molar-refractivity contribution is -0.142. The van der Waals surface area contributed by atoms with E-state index in [0.29, 0.717) is 18.8 Å². The molecule has 1 saturated heterocycles. The summed E-state index contributed by atoms with van der Waals surface area (Å²) in [4.78, 5) is 22.3. The number of carboxylic acids is 1. The fourth-order valence-corrected chi connectivity index (χ4v) is 2.98. The molecule has 1 fully saturated rings. The Bertz CT molecular complexity index is 252. The Morgan fingerprint density at radius 1 is 1.56 bits per heavy atom. The minimum Gasteiger partial charge on any atom is -0.480 e. The summed E-state index contributed by atoms with van der Waals surface area (Å²) in [6.45, 7) is 1.76. The molecule has 4 nitrogen and oxygen atoms in total. The zero-order valence-electron chi connectivity index (χ0n) is 9.57. The van der Waals surface area contributed by atoms with Gasteiger partial charge in [0, 0.05) is 6.42 Å². The van der Waals surface area contributed by atoms with E-state index in [4.69, 9.17) is 5.11 Å². The molecule has 1 aliphatic rings. The number of nitrogens with one attached hydrogen (secondary N) is 1. The zero-order valence-corrected chi connectivity index (χ0v) is 10.4. The summed E-state index contributed by atoms with van der Waals surface area (Å²) in [5.41, 5.74) is 0. The predicted octanol–water partition coefficient (Wildman–Crippen LogP) is 1.50. The van der Waals surface area contributed by atoms with E-state index in [1.54, 1.807) is 6.92 Å². The number of rotatable bonds is 5. The molecular weight excluding hydrogens is 226 g/mol. The van der Waals surface area contributed by atoms with Gasteiger partial charge in [0.25, 0.3) is 0 Å². The van der Waals surface area contributed by atoms with E-state index in [1.165, 1.54) is 12.2 Å². The molecule has 1 amide bonds. The lowest BCUT2D eigenvalue weighted by atomic mass is 10.0. The first-order valence-corrected chi connectivity index (χ1v) is 6.88. The predicted molar refractivity (Wildman–Crippen MR) is 64.5 cm³/mol. The van der Waals surface area contributed by atoms with Gasteiger partial charge in [-0.2, -0.15) is 11.8 Å². The Kier molecular flexibility index (Phi) is 5.66. The van der Waals surface area contributed by atoms with Crippen molar-refractivity contribution < 1.29 is 14.7 Å². The van der Waals surface area contributed by atoms with Gasteiger partial charge in [-0.1, -0.05) is 6.92 Å². The van der Waals surface area contributed by atoms with Gasteiger partial charge in [0.15, 0.2) is 0 Å². The Labute approximate surface area is 100 Å².